The average Bonchev–Trinajstić information content (AvgIpc) is 2.89. The molecule has 1 saturated carbocycles. The molecule has 1 aliphatic rings. The minimum absolute atomic E-state index is 0.173. The van der Waals surface area contributed by atoms with Crippen LogP contribution in [0.25, 0.3) is 0 Å². The number of aliphatic hydroxyl groups is 1. The molecule has 0 atom stereocenters. The van der Waals surface area contributed by atoms with E-state index in [1.165, 1.54) is 12.8 Å². The van der Waals surface area contributed by atoms with Crippen LogP contribution in [-0.2, 0) is 6.42 Å². The Bertz CT molecular complexity index is 254. The Morgan fingerprint density at radius 1 is 1.33 bits per heavy atom. The monoisotopic (exact) mass is 164 g/mol. The van der Waals surface area contributed by atoms with Crippen molar-refractivity contribution < 1.29 is 5.11 Å². The van der Waals surface area contributed by atoms with E-state index in [1.54, 1.807) is 0 Å². The molecule has 0 amide bonds. The van der Waals surface area contributed by atoms with Gasteiger partial charge in [-0.3, -0.25) is 0 Å². The third-order valence-corrected chi connectivity index (χ3v) is 2.07. The summed E-state index contributed by atoms with van der Waals surface area (Å²) < 4.78 is 0. The van der Waals surface area contributed by atoms with Crippen molar-refractivity contribution in [2.45, 2.75) is 25.2 Å². The molecule has 0 saturated heterocycles. The third kappa shape index (κ3) is 1.61. The Labute approximate surface area is 71.5 Å². The summed E-state index contributed by atoms with van der Waals surface area (Å²) >= 11 is 0. The van der Waals surface area contributed by atoms with E-state index in [2.05, 4.69) is 9.97 Å². The molecule has 0 aromatic carbocycles. The molecule has 12 heavy (non-hydrogen) atoms. The minimum atomic E-state index is 0.173. The first kappa shape index (κ1) is 7.68. The smallest absolute Gasteiger partial charge is 0.131 e. The number of aliphatic hydroxyl groups excluding tert-OH is 1. The predicted molar refractivity (Wildman–Crippen MR) is 44.8 cm³/mol. The molecule has 0 aliphatic heterocycles. The molecular formula is C9H12N2O. The van der Waals surface area contributed by atoms with E-state index in [9.17, 15) is 0 Å². The van der Waals surface area contributed by atoms with Crippen LogP contribution in [0.4, 0.5) is 0 Å². The van der Waals surface area contributed by atoms with Crippen LogP contribution in [0.2, 0.25) is 0 Å². The molecule has 3 nitrogen and oxygen atoms in total. The molecule has 1 aliphatic carbocycles. The standard InChI is InChI=1S/C9H12N2O/c12-4-3-7-5-10-9(11-6-7)8-1-2-8/h5-6,8,12H,1-4H2. The van der Waals surface area contributed by atoms with E-state index in [1.807, 2.05) is 12.4 Å². The first-order valence-electron chi connectivity index (χ1n) is 4.32. The summed E-state index contributed by atoms with van der Waals surface area (Å²) in [7, 11) is 0. The summed E-state index contributed by atoms with van der Waals surface area (Å²) in [5.41, 5.74) is 1.02. The Hall–Kier alpha value is -0.960. The van der Waals surface area contributed by atoms with E-state index >= 15 is 0 Å². The van der Waals surface area contributed by atoms with Crippen LogP contribution in [0.3, 0.4) is 0 Å². The highest BCUT2D eigenvalue weighted by atomic mass is 16.2. The molecule has 1 fully saturated rings. The Morgan fingerprint density at radius 2 is 2.00 bits per heavy atom. The summed E-state index contributed by atoms with van der Waals surface area (Å²) in [4.78, 5) is 8.47. The molecule has 1 N–H and O–H groups in total. The first-order valence-corrected chi connectivity index (χ1v) is 4.32. The van der Waals surface area contributed by atoms with Gasteiger partial charge in [0.1, 0.15) is 5.82 Å². The lowest BCUT2D eigenvalue weighted by atomic mass is 10.2. The minimum Gasteiger partial charge on any atom is -0.396 e. The molecule has 0 radical (unpaired) electrons. The zero-order valence-corrected chi connectivity index (χ0v) is 6.90. The van der Waals surface area contributed by atoms with Gasteiger partial charge in [0, 0.05) is 24.9 Å². The van der Waals surface area contributed by atoms with Crippen molar-refractivity contribution in [1.82, 2.24) is 9.97 Å². The molecular weight excluding hydrogens is 152 g/mol. The number of rotatable bonds is 3. The van der Waals surface area contributed by atoms with Gasteiger partial charge in [-0.2, -0.15) is 0 Å². The van der Waals surface area contributed by atoms with Gasteiger partial charge in [0.05, 0.1) is 0 Å². The van der Waals surface area contributed by atoms with E-state index in [-0.39, 0.29) is 6.61 Å². The second kappa shape index (κ2) is 3.19. The normalized spacial score (nSPS) is 16.4. The van der Waals surface area contributed by atoms with Crippen molar-refractivity contribution in [3.63, 3.8) is 0 Å². The van der Waals surface area contributed by atoms with Crippen LogP contribution in [0, 0.1) is 0 Å². The molecule has 2 rings (SSSR count). The summed E-state index contributed by atoms with van der Waals surface area (Å²) in [5.74, 6) is 1.59. The fourth-order valence-electron chi connectivity index (χ4n) is 1.18. The Balaban J connectivity index is 2.08. The molecule has 0 unspecified atom stereocenters. The van der Waals surface area contributed by atoms with Crippen molar-refractivity contribution in [1.29, 1.82) is 0 Å². The van der Waals surface area contributed by atoms with Crippen LogP contribution < -0.4 is 0 Å². The Kier molecular flexibility index (Phi) is 2.04. The summed E-state index contributed by atoms with van der Waals surface area (Å²) in [5, 5.41) is 8.65. The second-order valence-electron chi connectivity index (χ2n) is 3.20. The van der Waals surface area contributed by atoms with Gasteiger partial charge >= 0.3 is 0 Å². The van der Waals surface area contributed by atoms with Crippen LogP contribution in [0.5, 0.6) is 0 Å². The number of aromatic nitrogens is 2. The molecule has 1 aromatic rings. The second-order valence-corrected chi connectivity index (χ2v) is 3.20. The molecule has 0 bridgehead atoms. The van der Waals surface area contributed by atoms with E-state index in [0.29, 0.717) is 12.3 Å². The van der Waals surface area contributed by atoms with Crippen LogP contribution in [0.1, 0.15) is 30.1 Å². The maximum Gasteiger partial charge on any atom is 0.131 e. The molecule has 0 spiro atoms. The molecule has 1 heterocycles. The van der Waals surface area contributed by atoms with Gasteiger partial charge in [-0.05, 0) is 24.8 Å². The number of hydrogen-bond donors (Lipinski definition) is 1. The van der Waals surface area contributed by atoms with Gasteiger partial charge in [0.25, 0.3) is 0 Å². The summed E-state index contributed by atoms with van der Waals surface area (Å²) in [6.45, 7) is 0.173. The van der Waals surface area contributed by atoms with E-state index in [0.717, 1.165) is 11.4 Å². The largest absolute Gasteiger partial charge is 0.396 e. The molecule has 3 heteroatoms. The van der Waals surface area contributed by atoms with Gasteiger partial charge in [0.15, 0.2) is 0 Å². The van der Waals surface area contributed by atoms with Crippen molar-refractivity contribution in [3.8, 4) is 0 Å². The van der Waals surface area contributed by atoms with Crippen LogP contribution >= 0.6 is 0 Å². The SMILES string of the molecule is OCCc1cnc(C2CC2)nc1. The van der Waals surface area contributed by atoms with Crippen LogP contribution in [-0.4, -0.2) is 21.7 Å². The fourth-order valence-corrected chi connectivity index (χ4v) is 1.18. The summed E-state index contributed by atoms with van der Waals surface area (Å²) in [6, 6.07) is 0. The summed E-state index contributed by atoms with van der Waals surface area (Å²) in [6.07, 6.45) is 6.76. The topological polar surface area (TPSA) is 46.0 Å². The first-order chi connectivity index (χ1) is 5.90. The highest BCUT2D eigenvalue weighted by Gasteiger charge is 2.25. The van der Waals surface area contributed by atoms with Gasteiger partial charge in [0.2, 0.25) is 0 Å². The highest BCUT2D eigenvalue weighted by molar-refractivity contribution is 5.10. The van der Waals surface area contributed by atoms with Crippen molar-refractivity contribution >= 4 is 0 Å². The number of nitrogens with zero attached hydrogens (tertiary/aromatic N) is 2. The van der Waals surface area contributed by atoms with Crippen molar-refractivity contribution in [3.05, 3.63) is 23.8 Å². The molecule has 1 aromatic heterocycles. The zero-order chi connectivity index (χ0) is 8.39. The Morgan fingerprint density at radius 3 is 2.50 bits per heavy atom. The maximum atomic E-state index is 8.65. The van der Waals surface area contributed by atoms with Crippen molar-refractivity contribution in [2.75, 3.05) is 6.61 Å². The maximum absolute atomic E-state index is 8.65. The van der Waals surface area contributed by atoms with Gasteiger partial charge < -0.3 is 5.11 Å². The van der Waals surface area contributed by atoms with Crippen molar-refractivity contribution in [2.24, 2.45) is 0 Å². The number of hydrogen-bond acceptors (Lipinski definition) is 3. The van der Waals surface area contributed by atoms with Gasteiger partial charge in [-0.15, -0.1) is 0 Å². The lowest BCUT2D eigenvalue weighted by Crippen LogP contribution is -1.96. The third-order valence-electron chi connectivity index (χ3n) is 2.07. The van der Waals surface area contributed by atoms with E-state index < -0.39 is 0 Å². The quantitative estimate of drug-likeness (QED) is 0.721. The highest BCUT2D eigenvalue weighted by Crippen LogP contribution is 2.37. The zero-order valence-electron chi connectivity index (χ0n) is 6.90. The fraction of sp³-hybridized carbons (Fsp3) is 0.556. The predicted octanol–water partition coefficient (Wildman–Crippen LogP) is 0.889. The lowest BCUT2D eigenvalue weighted by Gasteiger charge is -1.98. The lowest BCUT2D eigenvalue weighted by molar-refractivity contribution is 0.299. The van der Waals surface area contributed by atoms with E-state index in [4.69, 9.17) is 5.11 Å². The van der Waals surface area contributed by atoms with Gasteiger partial charge in [-0.25, -0.2) is 9.97 Å². The van der Waals surface area contributed by atoms with Gasteiger partial charge in [-0.1, -0.05) is 0 Å². The average molecular weight is 164 g/mol. The molecule has 64 valence electrons. The van der Waals surface area contributed by atoms with Crippen LogP contribution in [0.15, 0.2) is 12.4 Å².